The van der Waals surface area contributed by atoms with E-state index in [0.29, 0.717) is 48.8 Å². The van der Waals surface area contributed by atoms with E-state index in [9.17, 15) is 9.59 Å². The normalized spacial score (nSPS) is 11.1. The first-order valence-corrected chi connectivity index (χ1v) is 10.0. The summed E-state index contributed by atoms with van der Waals surface area (Å²) in [4.78, 5) is 25.3. The Labute approximate surface area is 175 Å². The summed E-state index contributed by atoms with van der Waals surface area (Å²) in [7, 11) is 3.20. The van der Waals surface area contributed by atoms with Crippen LogP contribution in [0.25, 0.3) is 16.9 Å². The van der Waals surface area contributed by atoms with Gasteiger partial charge < -0.3 is 19.4 Å². The second-order valence-corrected chi connectivity index (χ2v) is 6.96. The first-order chi connectivity index (χ1) is 14.5. The number of hydrogen-bond donors (Lipinski definition) is 1. The second kappa shape index (κ2) is 9.58. The number of carbonyl (C=O) groups excluding carboxylic acids is 1. The molecule has 0 spiro atoms. The largest absolute Gasteiger partial charge is 0.496 e. The highest BCUT2D eigenvalue weighted by molar-refractivity contribution is 5.76. The predicted molar refractivity (Wildman–Crippen MR) is 115 cm³/mol. The minimum atomic E-state index is -0.196. The fourth-order valence-electron chi connectivity index (χ4n) is 3.62. The number of carbonyl (C=O) groups is 1. The summed E-state index contributed by atoms with van der Waals surface area (Å²) in [5, 5.41) is 7.36. The van der Waals surface area contributed by atoms with E-state index in [1.807, 2.05) is 48.7 Å². The number of nitrogens with one attached hydrogen (secondary N) is 1. The van der Waals surface area contributed by atoms with Gasteiger partial charge in [0, 0.05) is 49.5 Å². The molecule has 30 heavy (non-hydrogen) atoms. The maximum absolute atomic E-state index is 13.2. The Morgan fingerprint density at radius 3 is 2.70 bits per heavy atom. The van der Waals surface area contributed by atoms with E-state index >= 15 is 0 Å². The maximum atomic E-state index is 13.2. The van der Waals surface area contributed by atoms with Crippen LogP contribution in [0, 0.1) is 6.92 Å². The van der Waals surface area contributed by atoms with Gasteiger partial charge in [-0.2, -0.15) is 9.61 Å². The van der Waals surface area contributed by atoms with E-state index in [0.717, 1.165) is 11.3 Å². The van der Waals surface area contributed by atoms with E-state index in [4.69, 9.17) is 9.47 Å². The first kappa shape index (κ1) is 21.6. The molecule has 1 N–H and O–H groups in total. The average molecular weight is 412 g/mol. The lowest BCUT2D eigenvalue weighted by molar-refractivity contribution is -0.121. The molecule has 8 nitrogen and oxygen atoms in total. The zero-order valence-corrected chi connectivity index (χ0v) is 17.9. The molecule has 0 bridgehead atoms. The Morgan fingerprint density at radius 2 is 2.00 bits per heavy atom. The summed E-state index contributed by atoms with van der Waals surface area (Å²) < 4.78 is 13.9. The van der Waals surface area contributed by atoms with Gasteiger partial charge >= 0.3 is 0 Å². The fraction of sp³-hybridized carbons (Fsp3) is 0.409. The summed E-state index contributed by atoms with van der Waals surface area (Å²) >= 11 is 0. The molecule has 3 rings (SSSR count). The van der Waals surface area contributed by atoms with Gasteiger partial charge in [-0.3, -0.25) is 9.59 Å². The van der Waals surface area contributed by atoms with E-state index in [1.54, 1.807) is 14.2 Å². The summed E-state index contributed by atoms with van der Waals surface area (Å²) in [6.07, 6.45) is 0.582. The van der Waals surface area contributed by atoms with Crippen molar-refractivity contribution in [3.8, 4) is 17.0 Å². The van der Waals surface area contributed by atoms with Crippen LogP contribution in [0.15, 0.2) is 35.1 Å². The van der Waals surface area contributed by atoms with Crippen LogP contribution in [0.3, 0.4) is 0 Å². The van der Waals surface area contributed by atoms with E-state index in [-0.39, 0.29) is 17.9 Å². The van der Waals surface area contributed by atoms with Crippen LogP contribution in [0.2, 0.25) is 0 Å². The van der Waals surface area contributed by atoms with Gasteiger partial charge in [-0.05, 0) is 32.4 Å². The lowest BCUT2D eigenvalue weighted by Gasteiger charge is -2.14. The van der Waals surface area contributed by atoms with Crippen molar-refractivity contribution in [3.05, 3.63) is 51.9 Å². The summed E-state index contributed by atoms with van der Waals surface area (Å²) in [5.41, 5.74) is 3.46. The fourth-order valence-corrected chi connectivity index (χ4v) is 3.62. The quantitative estimate of drug-likeness (QED) is 0.545. The molecule has 1 aromatic carbocycles. The highest BCUT2D eigenvalue weighted by Crippen LogP contribution is 2.29. The van der Waals surface area contributed by atoms with Gasteiger partial charge in [0.2, 0.25) is 5.91 Å². The number of aryl methyl sites for hydroxylation is 1. The molecule has 0 unspecified atom stereocenters. The molecule has 0 fully saturated rings. The molecule has 0 saturated heterocycles. The zero-order chi connectivity index (χ0) is 21.7. The lowest BCUT2D eigenvalue weighted by Crippen LogP contribution is -2.29. The third kappa shape index (κ3) is 4.23. The zero-order valence-electron chi connectivity index (χ0n) is 17.9. The van der Waals surface area contributed by atoms with E-state index in [1.165, 1.54) is 4.52 Å². The molecule has 3 aromatic rings. The molecule has 0 saturated carbocycles. The monoisotopic (exact) mass is 412 g/mol. The Balaban J connectivity index is 2.00. The predicted octanol–water partition coefficient (Wildman–Crippen LogP) is 2.20. The van der Waals surface area contributed by atoms with Gasteiger partial charge in [0.05, 0.1) is 19.4 Å². The number of fused-ring (bicyclic) bond motifs is 1. The molecule has 160 valence electrons. The Kier molecular flexibility index (Phi) is 6.89. The summed E-state index contributed by atoms with van der Waals surface area (Å²) in [5.74, 6) is 0.588. The molecule has 0 aliphatic carbocycles. The van der Waals surface area contributed by atoms with Crippen LogP contribution in [0.4, 0.5) is 0 Å². The van der Waals surface area contributed by atoms with Crippen molar-refractivity contribution >= 4 is 11.6 Å². The molecule has 0 radical (unpaired) electrons. The van der Waals surface area contributed by atoms with Crippen molar-refractivity contribution in [1.82, 2.24) is 19.5 Å². The third-order valence-corrected chi connectivity index (χ3v) is 5.19. The van der Waals surface area contributed by atoms with Crippen LogP contribution in [-0.2, 0) is 22.5 Å². The molecule has 2 heterocycles. The van der Waals surface area contributed by atoms with Gasteiger partial charge in [0.15, 0.2) is 0 Å². The minimum absolute atomic E-state index is 0.107. The first-order valence-electron chi connectivity index (χ1n) is 10.0. The van der Waals surface area contributed by atoms with Crippen molar-refractivity contribution in [1.29, 1.82) is 0 Å². The minimum Gasteiger partial charge on any atom is -0.496 e. The second-order valence-electron chi connectivity index (χ2n) is 6.96. The molecule has 1 amide bonds. The van der Waals surface area contributed by atoms with Crippen LogP contribution >= 0.6 is 0 Å². The van der Waals surface area contributed by atoms with Crippen molar-refractivity contribution in [2.24, 2.45) is 0 Å². The number of benzene rings is 1. The van der Waals surface area contributed by atoms with Gasteiger partial charge in [-0.1, -0.05) is 12.1 Å². The van der Waals surface area contributed by atoms with Crippen molar-refractivity contribution in [2.75, 3.05) is 27.4 Å². The number of para-hydroxylation sites is 1. The molecule has 8 heteroatoms. The smallest absolute Gasteiger partial charge is 0.277 e. The Hall–Kier alpha value is -3.13. The van der Waals surface area contributed by atoms with Gasteiger partial charge in [0.25, 0.3) is 5.56 Å². The Bertz CT molecular complexity index is 1100. The van der Waals surface area contributed by atoms with Crippen molar-refractivity contribution in [3.63, 3.8) is 0 Å². The van der Waals surface area contributed by atoms with Crippen LogP contribution in [0.1, 0.15) is 24.6 Å². The van der Waals surface area contributed by atoms with Crippen molar-refractivity contribution in [2.45, 2.75) is 33.2 Å². The standard InChI is InChI=1S/C22H28N4O4/c1-5-25-15(2)16(10-11-20(27)23-12-13-29-3)22(28)26-21(25)14-18(24-26)17-8-6-7-9-19(17)30-4/h6-9,14H,5,10-13H2,1-4H3,(H,23,27). The number of aromatic nitrogens is 3. The third-order valence-electron chi connectivity index (χ3n) is 5.19. The molecule has 0 aliphatic heterocycles. The number of amides is 1. The number of ether oxygens (including phenoxy) is 2. The Morgan fingerprint density at radius 1 is 1.23 bits per heavy atom. The highest BCUT2D eigenvalue weighted by Gasteiger charge is 2.18. The van der Waals surface area contributed by atoms with E-state index in [2.05, 4.69) is 10.4 Å². The summed E-state index contributed by atoms with van der Waals surface area (Å²) in [6.45, 7) is 5.53. The van der Waals surface area contributed by atoms with Crippen LogP contribution < -0.4 is 15.6 Å². The lowest BCUT2D eigenvalue weighted by atomic mass is 10.1. The molecular weight excluding hydrogens is 384 g/mol. The SMILES string of the molecule is CCn1c(C)c(CCC(=O)NCCOC)c(=O)n2nc(-c3ccccc3OC)cc12. The number of rotatable bonds is 9. The van der Waals surface area contributed by atoms with Crippen LogP contribution in [-0.4, -0.2) is 47.5 Å². The topological polar surface area (TPSA) is 86.9 Å². The highest BCUT2D eigenvalue weighted by atomic mass is 16.5. The molecule has 0 atom stereocenters. The van der Waals surface area contributed by atoms with Gasteiger partial charge in [-0.25, -0.2) is 0 Å². The maximum Gasteiger partial charge on any atom is 0.277 e. The molecule has 0 aliphatic rings. The summed E-state index contributed by atoms with van der Waals surface area (Å²) in [6, 6.07) is 9.48. The number of hydrogen-bond acceptors (Lipinski definition) is 5. The average Bonchev–Trinajstić information content (AvgIpc) is 3.19. The van der Waals surface area contributed by atoms with E-state index < -0.39 is 0 Å². The molecular formula is C22H28N4O4. The van der Waals surface area contributed by atoms with Gasteiger partial charge in [0.1, 0.15) is 11.4 Å². The van der Waals surface area contributed by atoms with Crippen molar-refractivity contribution < 1.29 is 14.3 Å². The number of nitrogens with zero attached hydrogens (tertiary/aromatic N) is 3. The molecule has 2 aromatic heterocycles. The van der Waals surface area contributed by atoms with Gasteiger partial charge in [-0.15, -0.1) is 0 Å². The van der Waals surface area contributed by atoms with Crippen LogP contribution in [0.5, 0.6) is 5.75 Å². The number of methoxy groups -OCH3 is 2.